The van der Waals surface area contributed by atoms with Crippen LogP contribution in [0.1, 0.15) is 69.2 Å². The quantitative estimate of drug-likeness (QED) is 0.551. The molecule has 1 aromatic heterocycles. The summed E-state index contributed by atoms with van der Waals surface area (Å²) in [5.74, 6) is 2.71. The maximum Gasteiger partial charge on any atom is 0.255 e. The van der Waals surface area contributed by atoms with Crippen LogP contribution < -0.4 is 10.6 Å². The molecule has 0 aromatic carbocycles. The number of nitrogens with one attached hydrogen (secondary N) is 2. The van der Waals surface area contributed by atoms with Crippen LogP contribution in [0.2, 0.25) is 0 Å². The number of nitrogens with zero attached hydrogens (tertiary/aromatic N) is 3. The molecule has 7 atom stereocenters. The number of hydrogen-bond acceptors (Lipinski definition) is 5. The zero-order valence-corrected chi connectivity index (χ0v) is 24.2. The van der Waals surface area contributed by atoms with E-state index in [2.05, 4.69) is 35.5 Å². The summed E-state index contributed by atoms with van der Waals surface area (Å²) < 4.78 is 0. The van der Waals surface area contributed by atoms with Crippen molar-refractivity contribution in [3.63, 3.8) is 0 Å². The largest absolute Gasteiger partial charge is 0.349 e. The van der Waals surface area contributed by atoms with Gasteiger partial charge in [-0.25, -0.2) is 4.98 Å². The monoisotopic (exact) mass is 535 g/mol. The molecule has 3 amide bonds. The molecule has 2 heterocycles. The first-order valence-corrected chi connectivity index (χ1v) is 14.7. The Kier molecular flexibility index (Phi) is 7.61. The number of fused-ring (bicyclic) bond motifs is 5. The highest BCUT2D eigenvalue weighted by Crippen LogP contribution is 2.65. The van der Waals surface area contributed by atoms with Gasteiger partial charge in [0, 0.05) is 44.2 Å². The SMILES string of the molecule is CN(C)CCN(C)C(=O)c1ccc(NC(=O)C[C@H]2CC[C@H]3[C@@H]4CC[C@H]5NC(=O)C=C[C@]5(C)[C@H]4CC[C@]23C)nc1. The Bertz CT molecular complexity index is 1130. The van der Waals surface area contributed by atoms with Crippen LogP contribution in [0.3, 0.4) is 0 Å². The fourth-order valence-corrected chi connectivity index (χ4v) is 8.46. The fourth-order valence-electron chi connectivity index (χ4n) is 8.46. The molecule has 1 aliphatic heterocycles. The van der Waals surface area contributed by atoms with Crippen LogP contribution in [-0.2, 0) is 9.59 Å². The summed E-state index contributed by atoms with van der Waals surface area (Å²) in [5, 5.41) is 6.23. The maximum absolute atomic E-state index is 13.1. The van der Waals surface area contributed by atoms with Crippen molar-refractivity contribution in [3.05, 3.63) is 36.0 Å². The number of pyridine rings is 1. The van der Waals surface area contributed by atoms with E-state index in [9.17, 15) is 14.4 Å². The standard InChI is InChI=1S/C31H45N5O3/c1-30-14-12-24-22(8-10-25-31(24,2)15-13-27(37)33-25)23(30)9-7-21(30)18-28(38)34-26-11-6-20(19-32-26)29(39)36(5)17-16-35(3)4/h6,11,13,15,19,21-25H,7-10,12,14,16-18H2,1-5H3,(H,33,37)(H,32,34,38)/t21-,22+,23+,24+,25-,30-,31-/m1/s1. The van der Waals surface area contributed by atoms with E-state index < -0.39 is 0 Å². The second-order valence-electron chi connectivity index (χ2n) is 13.2. The molecular formula is C31H45N5O3. The van der Waals surface area contributed by atoms with Crippen molar-refractivity contribution in [3.8, 4) is 0 Å². The molecule has 1 aromatic rings. The minimum Gasteiger partial charge on any atom is -0.349 e. The van der Waals surface area contributed by atoms with Crippen LogP contribution in [0.25, 0.3) is 0 Å². The van der Waals surface area contributed by atoms with Crippen molar-refractivity contribution in [2.75, 3.05) is 39.5 Å². The summed E-state index contributed by atoms with van der Waals surface area (Å²) in [5.41, 5.74) is 0.728. The summed E-state index contributed by atoms with van der Waals surface area (Å²) in [7, 11) is 5.76. The van der Waals surface area contributed by atoms with E-state index in [1.54, 1.807) is 36.4 Å². The predicted octanol–water partition coefficient (Wildman–Crippen LogP) is 3.96. The summed E-state index contributed by atoms with van der Waals surface area (Å²) in [6.45, 7) is 6.21. The van der Waals surface area contributed by atoms with Gasteiger partial charge in [0.05, 0.1) is 5.56 Å². The van der Waals surface area contributed by atoms with Crippen molar-refractivity contribution >= 4 is 23.5 Å². The summed E-state index contributed by atoms with van der Waals surface area (Å²) in [6, 6.07) is 3.71. The Hall–Kier alpha value is -2.74. The van der Waals surface area contributed by atoms with Gasteiger partial charge in [0.25, 0.3) is 5.91 Å². The third kappa shape index (κ3) is 5.24. The number of likely N-dealkylation sites (N-methyl/N-ethyl adjacent to an activating group) is 2. The Balaban J connectivity index is 1.19. The second-order valence-corrected chi connectivity index (χ2v) is 13.2. The third-order valence-corrected chi connectivity index (χ3v) is 10.8. The van der Waals surface area contributed by atoms with E-state index in [0.29, 0.717) is 48.0 Å². The molecule has 4 aliphatic rings. The molecule has 3 saturated carbocycles. The van der Waals surface area contributed by atoms with Gasteiger partial charge in [-0.3, -0.25) is 14.4 Å². The number of rotatable bonds is 7. The Morgan fingerprint density at radius 3 is 2.56 bits per heavy atom. The smallest absolute Gasteiger partial charge is 0.255 e. The summed E-state index contributed by atoms with van der Waals surface area (Å²) >= 11 is 0. The molecule has 0 radical (unpaired) electrons. The van der Waals surface area contributed by atoms with Gasteiger partial charge in [-0.1, -0.05) is 19.9 Å². The van der Waals surface area contributed by atoms with Crippen LogP contribution >= 0.6 is 0 Å². The molecule has 2 N–H and O–H groups in total. The molecule has 0 unspecified atom stereocenters. The first-order valence-electron chi connectivity index (χ1n) is 14.7. The van der Waals surface area contributed by atoms with Crippen molar-refractivity contribution in [1.82, 2.24) is 20.1 Å². The summed E-state index contributed by atoms with van der Waals surface area (Å²) in [4.78, 5) is 45.9. The Morgan fingerprint density at radius 1 is 1.05 bits per heavy atom. The zero-order chi connectivity index (χ0) is 27.9. The lowest BCUT2D eigenvalue weighted by Crippen LogP contribution is -2.59. The Morgan fingerprint density at radius 2 is 1.85 bits per heavy atom. The van der Waals surface area contributed by atoms with Gasteiger partial charge in [-0.15, -0.1) is 0 Å². The fraction of sp³-hybridized carbons (Fsp3) is 0.677. The number of aromatic nitrogens is 1. The van der Waals surface area contributed by atoms with Crippen molar-refractivity contribution in [1.29, 1.82) is 0 Å². The second kappa shape index (κ2) is 10.7. The van der Waals surface area contributed by atoms with Crippen LogP contribution in [0.4, 0.5) is 5.82 Å². The van der Waals surface area contributed by atoms with Crippen molar-refractivity contribution in [2.24, 2.45) is 34.5 Å². The lowest BCUT2D eigenvalue weighted by Gasteiger charge is -2.59. The highest BCUT2D eigenvalue weighted by atomic mass is 16.2. The summed E-state index contributed by atoms with van der Waals surface area (Å²) in [6.07, 6.45) is 12.8. The average Bonchev–Trinajstić information content (AvgIpc) is 3.23. The molecule has 3 aliphatic carbocycles. The predicted molar refractivity (Wildman–Crippen MR) is 152 cm³/mol. The molecule has 0 bridgehead atoms. The molecule has 212 valence electrons. The maximum atomic E-state index is 13.1. The molecule has 3 fully saturated rings. The molecule has 5 rings (SSSR count). The van der Waals surface area contributed by atoms with Gasteiger partial charge in [0.15, 0.2) is 0 Å². The van der Waals surface area contributed by atoms with Gasteiger partial charge >= 0.3 is 0 Å². The van der Waals surface area contributed by atoms with E-state index in [0.717, 1.165) is 38.6 Å². The van der Waals surface area contributed by atoms with Gasteiger partial charge < -0.3 is 20.4 Å². The number of anilines is 1. The van der Waals surface area contributed by atoms with Crippen molar-refractivity contribution in [2.45, 2.75) is 64.8 Å². The first kappa shape index (κ1) is 27.8. The lowest BCUT2D eigenvalue weighted by atomic mass is 9.48. The normalized spacial score (nSPS) is 35.0. The molecule has 8 nitrogen and oxygen atoms in total. The van der Waals surface area contributed by atoms with Crippen LogP contribution in [0.5, 0.6) is 0 Å². The van der Waals surface area contributed by atoms with Gasteiger partial charge in [-0.05, 0) is 99.9 Å². The molecule has 8 heteroatoms. The van der Waals surface area contributed by atoms with Crippen LogP contribution in [0, 0.1) is 34.5 Å². The molecule has 39 heavy (non-hydrogen) atoms. The van der Waals surface area contributed by atoms with Crippen LogP contribution in [0.15, 0.2) is 30.5 Å². The molecular weight excluding hydrogens is 490 g/mol. The van der Waals surface area contributed by atoms with Crippen molar-refractivity contribution < 1.29 is 14.4 Å². The van der Waals surface area contributed by atoms with Gasteiger partial charge in [0.1, 0.15) is 5.82 Å². The van der Waals surface area contributed by atoms with Crippen LogP contribution in [-0.4, -0.2) is 72.8 Å². The van der Waals surface area contributed by atoms with E-state index in [1.807, 2.05) is 19.0 Å². The van der Waals surface area contributed by atoms with E-state index in [1.165, 1.54) is 6.42 Å². The number of carbonyl (C=O) groups excluding carboxylic acids is 3. The highest BCUT2D eigenvalue weighted by Gasteiger charge is 2.59. The van der Waals surface area contributed by atoms with Gasteiger partial charge in [0.2, 0.25) is 11.8 Å². The van der Waals surface area contributed by atoms with E-state index in [4.69, 9.17) is 0 Å². The molecule has 0 spiro atoms. The third-order valence-electron chi connectivity index (χ3n) is 10.8. The average molecular weight is 536 g/mol. The zero-order valence-electron chi connectivity index (χ0n) is 24.2. The number of hydrogen-bond donors (Lipinski definition) is 2. The van der Waals surface area contributed by atoms with Gasteiger partial charge in [-0.2, -0.15) is 0 Å². The van der Waals surface area contributed by atoms with E-state index >= 15 is 0 Å². The number of carbonyl (C=O) groups is 3. The first-order chi connectivity index (χ1) is 18.5. The minimum atomic E-state index is -0.0725. The highest BCUT2D eigenvalue weighted by molar-refractivity contribution is 5.95. The number of amides is 3. The molecule has 0 saturated heterocycles. The minimum absolute atomic E-state index is 0.00673. The van der Waals surface area contributed by atoms with E-state index in [-0.39, 0.29) is 34.6 Å². The Labute approximate surface area is 233 Å². The lowest BCUT2D eigenvalue weighted by molar-refractivity contribution is -0.123. The topological polar surface area (TPSA) is 94.6 Å².